The number of rotatable bonds is 7. The highest BCUT2D eigenvalue weighted by Gasteiger charge is 2.32. The van der Waals surface area contributed by atoms with Crippen LogP contribution < -0.4 is 10.9 Å². The Morgan fingerprint density at radius 2 is 1.78 bits per heavy atom. The normalized spacial score (nSPS) is 15.5. The lowest BCUT2D eigenvalue weighted by Gasteiger charge is -2.15. The quantitative estimate of drug-likeness (QED) is 0.270. The fourth-order valence-corrected chi connectivity index (χ4v) is 5.13. The molecule has 2 aromatic heterocycles. The minimum Gasteiger partial charge on any atom is -0.387 e. The number of amides is 1. The van der Waals surface area contributed by atoms with Crippen molar-refractivity contribution in [2.24, 2.45) is 0 Å². The molecule has 1 fully saturated rings. The second kappa shape index (κ2) is 10.6. The van der Waals surface area contributed by atoms with E-state index in [0.717, 1.165) is 22.9 Å². The van der Waals surface area contributed by atoms with Crippen molar-refractivity contribution in [2.45, 2.75) is 12.6 Å². The zero-order valence-electron chi connectivity index (χ0n) is 19.4. The van der Waals surface area contributed by atoms with Crippen molar-refractivity contribution in [3.8, 4) is 0 Å². The molecule has 2 N–H and O–H groups in total. The van der Waals surface area contributed by atoms with Gasteiger partial charge in [0.15, 0.2) is 0 Å². The predicted molar refractivity (Wildman–Crippen MR) is 146 cm³/mol. The third-order valence-corrected chi connectivity index (χ3v) is 7.20. The number of nitrogens with one attached hydrogen (secondary N) is 1. The highest BCUT2D eigenvalue weighted by Crippen LogP contribution is 2.34. The molecular formula is C27H21FN4O3S2. The smallest absolute Gasteiger partial charge is 0.267 e. The van der Waals surface area contributed by atoms with E-state index in [2.05, 4.69) is 10.3 Å². The van der Waals surface area contributed by atoms with E-state index in [1.165, 1.54) is 27.5 Å². The van der Waals surface area contributed by atoms with Crippen molar-refractivity contribution in [3.63, 3.8) is 0 Å². The fraction of sp³-hybridized carbons (Fsp3) is 0.111. The number of hydrogen-bond donors (Lipinski definition) is 2. The minimum absolute atomic E-state index is 0.103. The molecule has 1 aliphatic heterocycles. The van der Waals surface area contributed by atoms with E-state index < -0.39 is 6.10 Å². The van der Waals surface area contributed by atoms with Gasteiger partial charge in [0.25, 0.3) is 11.5 Å². The van der Waals surface area contributed by atoms with Gasteiger partial charge < -0.3 is 10.4 Å². The van der Waals surface area contributed by atoms with Gasteiger partial charge in [-0.1, -0.05) is 72.5 Å². The summed E-state index contributed by atoms with van der Waals surface area (Å²) in [5, 5.41) is 13.7. The van der Waals surface area contributed by atoms with E-state index >= 15 is 0 Å². The van der Waals surface area contributed by atoms with Crippen LogP contribution >= 0.6 is 24.0 Å². The molecule has 0 radical (unpaired) electrons. The lowest BCUT2D eigenvalue weighted by atomic mass is 10.1. The molecule has 0 bridgehead atoms. The Kier molecular flexibility index (Phi) is 7.13. The lowest BCUT2D eigenvalue weighted by molar-refractivity contribution is -0.122. The molecule has 10 heteroatoms. The first kappa shape index (κ1) is 24.8. The van der Waals surface area contributed by atoms with Crippen LogP contribution in [0.3, 0.4) is 0 Å². The number of aromatic nitrogens is 2. The number of thiocarbonyl (C=S) groups is 1. The molecule has 5 rings (SSSR count). The van der Waals surface area contributed by atoms with Crippen molar-refractivity contribution < 1.29 is 14.3 Å². The number of anilines is 1. The summed E-state index contributed by atoms with van der Waals surface area (Å²) in [7, 11) is 0. The van der Waals surface area contributed by atoms with Gasteiger partial charge >= 0.3 is 0 Å². The Balaban J connectivity index is 1.47. The van der Waals surface area contributed by atoms with Crippen LogP contribution in [0.5, 0.6) is 0 Å². The number of thioether (sulfide) groups is 1. The Hall–Kier alpha value is -3.86. The monoisotopic (exact) mass is 532 g/mol. The van der Waals surface area contributed by atoms with Gasteiger partial charge in [0, 0.05) is 12.7 Å². The van der Waals surface area contributed by atoms with Crippen molar-refractivity contribution >= 4 is 51.7 Å². The Morgan fingerprint density at radius 1 is 1.05 bits per heavy atom. The summed E-state index contributed by atoms with van der Waals surface area (Å²) in [6.07, 6.45) is 2.25. The van der Waals surface area contributed by atoms with Crippen molar-refractivity contribution in [1.82, 2.24) is 14.3 Å². The summed E-state index contributed by atoms with van der Waals surface area (Å²) < 4.78 is 15.0. The molecular weight excluding hydrogens is 511 g/mol. The number of carbonyl (C=O) groups is 1. The van der Waals surface area contributed by atoms with Crippen LogP contribution in [0.4, 0.5) is 10.2 Å². The Bertz CT molecular complexity index is 1570. The van der Waals surface area contributed by atoms with E-state index in [1.54, 1.807) is 36.5 Å². The zero-order valence-corrected chi connectivity index (χ0v) is 21.0. The maximum Gasteiger partial charge on any atom is 0.267 e. The van der Waals surface area contributed by atoms with Crippen LogP contribution in [0, 0.1) is 5.82 Å². The highest BCUT2D eigenvalue weighted by molar-refractivity contribution is 8.26. The number of aliphatic hydroxyl groups excluding tert-OH is 1. The number of aliphatic hydroxyl groups is 1. The first-order valence-electron chi connectivity index (χ1n) is 11.4. The van der Waals surface area contributed by atoms with Crippen LogP contribution in [0.1, 0.15) is 22.8 Å². The average molecular weight is 533 g/mol. The maximum absolute atomic E-state index is 13.4. The first-order valence-corrected chi connectivity index (χ1v) is 12.6. The number of pyridine rings is 1. The Labute approximate surface area is 221 Å². The largest absolute Gasteiger partial charge is 0.387 e. The van der Waals surface area contributed by atoms with Crippen LogP contribution in [0.25, 0.3) is 11.7 Å². The minimum atomic E-state index is -0.834. The Morgan fingerprint density at radius 3 is 2.54 bits per heavy atom. The fourth-order valence-electron chi connectivity index (χ4n) is 3.89. The third kappa shape index (κ3) is 5.31. The van der Waals surface area contributed by atoms with Gasteiger partial charge in [0.2, 0.25) is 0 Å². The lowest BCUT2D eigenvalue weighted by Crippen LogP contribution is -2.27. The molecule has 1 atom stereocenters. The number of hydrogen-bond acceptors (Lipinski definition) is 7. The van der Waals surface area contributed by atoms with Gasteiger partial charge in [-0.3, -0.25) is 18.9 Å². The third-order valence-electron chi connectivity index (χ3n) is 5.82. The molecule has 4 aromatic rings. The predicted octanol–water partition coefficient (Wildman–Crippen LogP) is 4.38. The molecule has 0 saturated carbocycles. The van der Waals surface area contributed by atoms with Crippen molar-refractivity contribution in [3.05, 3.63) is 117 Å². The summed E-state index contributed by atoms with van der Waals surface area (Å²) in [6, 6.07) is 20.2. The van der Waals surface area contributed by atoms with E-state index in [9.17, 15) is 19.1 Å². The average Bonchev–Trinajstić information content (AvgIpc) is 3.18. The van der Waals surface area contributed by atoms with Gasteiger partial charge in [-0.2, -0.15) is 0 Å². The second-order valence-electron chi connectivity index (χ2n) is 8.31. The van der Waals surface area contributed by atoms with Crippen LogP contribution in [-0.2, 0) is 11.3 Å². The second-order valence-corrected chi connectivity index (χ2v) is 9.99. The maximum atomic E-state index is 13.4. The first-order chi connectivity index (χ1) is 17.9. The van der Waals surface area contributed by atoms with E-state index in [1.807, 2.05) is 30.3 Å². The molecule has 3 heterocycles. The van der Waals surface area contributed by atoms with Gasteiger partial charge in [0.05, 0.1) is 23.1 Å². The van der Waals surface area contributed by atoms with Gasteiger partial charge in [-0.05, 0) is 41.5 Å². The molecule has 1 aliphatic rings. The van der Waals surface area contributed by atoms with Crippen molar-refractivity contribution in [1.29, 1.82) is 0 Å². The van der Waals surface area contributed by atoms with Gasteiger partial charge in [0.1, 0.15) is 21.6 Å². The van der Waals surface area contributed by atoms with Crippen molar-refractivity contribution in [2.75, 3.05) is 11.9 Å². The van der Waals surface area contributed by atoms with Gasteiger partial charge in [-0.25, -0.2) is 9.37 Å². The number of halogens is 1. The molecule has 37 heavy (non-hydrogen) atoms. The highest BCUT2D eigenvalue weighted by atomic mass is 32.2. The van der Waals surface area contributed by atoms with Crippen LogP contribution in [-0.4, -0.2) is 36.2 Å². The van der Waals surface area contributed by atoms with Crippen LogP contribution in [0.15, 0.2) is 88.7 Å². The molecule has 2 aromatic carbocycles. The molecule has 0 spiro atoms. The molecule has 1 unspecified atom stereocenters. The SMILES string of the molecule is O=C1C(=Cc2c(NCC(O)c3ccccc3)nc3ccccn3c2=O)SC(=S)N1Cc1ccc(F)cc1. The molecule has 186 valence electrons. The van der Waals surface area contributed by atoms with E-state index in [4.69, 9.17) is 12.2 Å². The summed E-state index contributed by atoms with van der Waals surface area (Å²) in [4.78, 5) is 32.9. The molecule has 7 nitrogen and oxygen atoms in total. The van der Waals surface area contributed by atoms with Crippen LogP contribution in [0.2, 0.25) is 0 Å². The summed E-state index contributed by atoms with van der Waals surface area (Å²) in [5.74, 6) is -0.474. The molecule has 1 amide bonds. The standard InChI is InChI=1S/C27H21FN4O3S2/c28-19-11-9-17(10-12-19)16-32-26(35)22(37-27(32)36)14-20-24(29-15-21(33)18-6-2-1-3-7-18)30-23-8-4-5-13-31(23)25(20)34/h1-14,21,29,33H,15-16H2. The number of fused-ring (bicyclic) bond motifs is 1. The van der Waals surface area contributed by atoms with E-state index in [-0.39, 0.29) is 46.7 Å². The summed E-state index contributed by atoms with van der Waals surface area (Å²) in [5.41, 5.74) is 1.67. The van der Waals surface area contributed by atoms with Gasteiger partial charge in [-0.15, -0.1) is 0 Å². The molecule has 0 aliphatic carbocycles. The topological polar surface area (TPSA) is 86.9 Å². The van der Waals surface area contributed by atoms with E-state index in [0.29, 0.717) is 9.97 Å². The zero-order chi connectivity index (χ0) is 25.9. The number of carbonyl (C=O) groups excluding carboxylic acids is 1. The number of nitrogens with zero attached hydrogens (tertiary/aromatic N) is 3. The summed E-state index contributed by atoms with van der Waals surface area (Å²) in [6.45, 7) is 0.289. The number of benzene rings is 2. The molecule has 1 saturated heterocycles. The summed E-state index contributed by atoms with van der Waals surface area (Å²) >= 11 is 6.51.